The molecule has 6 nitrogen and oxygen atoms in total. The van der Waals surface area contributed by atoms with Crippen LogP contribution in [0.15, 0.2) is 59.5 Å². The molecule has 1 heterocycles. The van der Waals surface area contributed by atoms with Crippen LogP contribution in [0.2, 0.25) is 0 Å². The molecule has 0 aliphatic carbocycles. The number of benzene rings is 2. The first-order valence-electron chi connectivity index (χ1n) is 10.5. The summed E-state index contributed by atoms with van der Waals surface area (Å²) >= 11 is 0. The lowest BCUT2D eigenvalue weighted by Gasteiger charge is -2.35. The second kappa shape index (κ2) is 10.2. The van der Waals surface area contributed by atoms with Gasteiger partial charge in [0.2, 0.25) is 15.9 Å². The van der Waals surface area contributed by atoms with Gasteiger partial charge in [0.05, 0.1) is 11.4 Å². The molecule has 0 unspecified atom stereocenters. The van der Waals surface area contributed by atoms with E-state index in [-0.39, 0.29) is 23.9 Å². The molecule has 2 aromatic rings. The van der Waals surface area contributed by atoms with Crippen molar-refractivity contribution in [1.82, 2.24) is 14.1 Å². The summed E-state index contributed by atoms with van der Waals surface area (Å²) in [5.41, 5.74) is 2.04. The summed E-state index contributed by atoms with van der Waals surface area (Å²) in [6, 6.07) is 16.6. The Bertz CT molecular complexity index is 922. The van der Waals surface area contributed by atoms with Gasteiger partial charge in [-0.1, -0.05) is 55.0 Å². The molecule has 30 heavy (non-hydrogen) atoms. The first-order chi connectivity index (χ1) is 14.4. The molecule has 0 radical (unpaired) electrons. The number of sulfonamides is 1. The molecule has 1 aliphatic rings. The van der Waals surface area contributed by atoms with Gasteiger partial charge in [0.25, 0.3) is 0 Å². The van der Waals surface area contributed by atoms with Crippen molar-refractivity contribution in [1.29, 1.82) is 0 Å². The molecule has 0 spiro atoms. The molecule has 0 N–H and O–H groups in total. The summed E-state index contributed by atoms with van der Waals surface area (Å²) in [7, 11) is -3.76. The Kier molecular flexibility index (Phi) is 7.64. The third-order valence-corrected chi connectivity index (χ3v) is 7.49. The third kappa shape index (κ3) is 5.68. The molecule has 1 saturated heterocycles. The van der Waals surface area contributed by atoms with Crippen molar-refractivity contribution >= 4 is 15.9 Å². The molecular weight excluding hydrogens is 398 g/mol. The fraction of sp³-hybridized carbons (Fsp3) is 0.435. The normalized spacial score (nSPS) is 15.5. The molecule has 2 aromatic carbocycles. The van der Waals surface area contributed by atoms with Crippen molar-refractivity contribution in [2.24, 2.45) is 0 Å². The fourth-order valence-corrected chi connectivity index (χ4v) is 5.00. The number of nitrogens with zero attached hydrogens (tertiary/aromatic N) is 3. The highest BCUT2D eigenvalue weighted by molar-refractivity contribution is 7.89. The number of hydrogen-bond donors (Lipinski definition) is 0. The lowest BCUT2D eigenvalue weighted by atomic mass is 10.1. The predicted molar refractivity (Wildman–Crippen MR) is 119 cm³/mol. The third-order valence-electron chi connectivity index (χ3n) is 5.64. The second-order valence-electron chi connectivity index (χ2n) is 7.70. The van der Waals surface area contributed by atoms with Crippen LogP contribution >= 0.6 is 0 Å². The van der Waals surface area contributed by atoms with Crippen molar-refractivity contribution in [3.8, 4) is 0 Å². The average molecular weight is 430 g/mol. The number of piperazine rings is 1. The minimum absolute atomic E-state index is 0.130. The van der Waals surface area contributed by atoms with Crippen molar-refractivity contribution in [3.05, 3.63) is 65.7 Å². The van der Waals surface area contributed by atoms with E-state index in [0.717, 1.165) is 30.8 Å². The first-order valence-corrected chi connectivity index (χ1v) is 11.9. The topological polar surface area (TPSA) is 60.9 Å². The van der Waals surface area contributed by atoms with Crippen molar-refractivity contribution < 1.29 is 13.2 Å². The van der Waals surface area contributed by atoms with Gasteiger partial charge in [0.1, 0.15) is 0 Å². The van der Waals surface area contributed by atoms with E-state index >= 15 is 0 Å². The predicted octanol–water partition coefficient (Wildman–Crippen LogP) is 2.39. The van der Waals surface area contributed by atoms with Crippen LogP contribution in [0.25, 0.3) is 0 Å². The van der Waals surface area contributed by atoms with E-state index in [1.807, 2.05) is 37.3 Å². The maximum absolute atomic E-state index is 13.3. The minimum Gasteiger partial charge on any atom is -0.339 e. The van der Waals surface area contributed by atoms with Crippen LogP contribution in [0, 0.1) is 6.92 Å². The van der Waals surface area contributed by atoms with Crippen LogP contribution in [-0.2, 0) is 21.2 Å². The smallest absolute Gasteiger partial charge is 0.243 e. The van der Waals surface area contributed by atoms with Gasteiger partial charge in [-0.3, -0.25) is 4.79 Å². The molecule has 0 aromatic heterocycles. The summed E-state index contributed by atoms with van der Waals surface area (Å²) in [5.74, 6) is -0.130. The van der Waals surface area contributed by atoms with Crippen LogP contribution in [0.1, 0.15) is 18.1 Å². The summed E-state index contributed by atoms with van der Waals surface area (Å²) in [6.07, 6.45) is 0.558. The van der Waals surface area contributed by atoms with E-state index in [1.54, 1.807) is 29.2 Å². The zero-order chi connectivity index (χ0) is 21.6. The van der Waals surface area contributed by atoms with Crippen molar-refractivity contribution in [2.45, 2.75) is 25.2 Å². The van der Waals surface area contributed by atoms with E-state index in [0.29, 0.717) is 19.5 Å². The Morgan fingerprint density at radius 2 is 1.60 bits per heavy atom. The molecule has 7 heteroatoms. The summed E-state index contributed by atoms with van der Waals surface area (Å²) < 4.78 is 28.0. The van der Waals surface area contributed by atoms with E-state index < -0.39 is 10.0 Å². The molecular formula is C23H31N3O3S. The molecule has 0 saturated carbocycles. The number of carbonyl (C=O) groups excluding carboxylic acids is 1. The van der Waals surface area contributed by atoms with Crippen LogP contribution < -0.4 is 0 Å². The maximum atomic E-state index is 13.3. The second-order valence-corrected chi connectivity index (χ2v) is 9.64. The average Bonchev–Trinajstić information content (AvgIpc) is 2.77. The van der Waals surface area contributed by atoms with E-state index in [1.165, 1.54) is 4.31 Å². The highest BCUT2D eigenvalue weighted by atomic mass is 32.2. The molecule has 1 amide bonds. The molecule has 162 valence electrons. The zero-order valence-electron chi connectivity index (χ0n) is 17.8. The monoisotopic (exact) mass is 429 g/mol. The molecule has 3 rings (SSSR count). The zero-order valence-corrected chi connectivity index (χ0v) is 18.6. The van der Waals surface area contributed by atoms with Gasteiger partial charge >= 0.3 is 0 Å². The number of amides is 1. The van der Waals surface area contributed by atoms with Gasteiger partial charge in [-0.05, 0) is 37.6 Å². The van der Waals surface area contributed by atoms with Gasteiger partial charge < -0.3 is 9.80 Å². The molecule has 0 atom stereocenters. The lowest BCUT2D eigenvalue weighted by molar-refractivity contribution is -0.133. The lowest BCUT2D eigenvalue weighted by Crippen LogP contribution is -2.51. The number of hydrogen-bond acceptors (Lipinski definition) is 4. The summed E-state index contributed by atoms with van der Waals surface area (Å²) in [4.78, 5) is 17.3. The van der Waals surface area contributed by atoms with E-state index in [2.05, 4.69) is 11.8 Å². The summed E-state index contributed by atoms with van der Waals surface area (Å²) in [5, 5.41) is 0. The maximum Gasteiger partial charge on any atom is 0.243 e. The Morgan fingerprint density at radius 1 is 0.967 bits per heavy atom. The van der Waals surface area contributed by atoms with Gasteiger partial charge in [-0.2, -0.15) is 4.31 Å². The number of carbonyl (C=O) groups is 1. The van der Waals surface area contributed by atoms with Crippen LogP contribution in [0.5, 0.6) is 0 Å². The molecule has 1 fully saturated rings. The minimum atomic E-state index is -3.76. The van der Waals surface area contributed by atoms with Crippen molar-refractivity contribution in [2.75, 3.05) is 45.8 Å². The van der Waals surface area contributed by atoms with Gasteiger partial charge in [0, 0.05) is 32.7 Å². The van der Waals surface area contributed by atoms with E-state index in [4.69, 9.17) is 0 Å². The Labute approximate surface area is 180 Å². The SMILES string of the molecule is CCN1CCN(C(=O)CN(CCc2ccccc2)S(=O)(=O)c2ccc(C)cc2)CC1. The quantitative estimate of drug-likeness (QED) is 0.647. The Hall–Kier alpha value is -2.22. The van der Waals surface area contributed by atoms with E-state index in [9.17, 15) is 13.2 Å². The summed E-state index contributed by atoms with van der Waals surface area (Å²) in [6.45, 7) is 8.07. The number of rotatable bonds is 8. The standard InChI is InChI=1S/C23H31N3O3S/c1-3-24-15-17-25(18-16-24)23(27)19-26(14-13-21-7-5-4-6-8-21)30(28,29)22-11-9-20(2)10-12-22/h4-12H,3,13-19H2,1-2H3. The van der Waals surface area contributed by atoms with Crippen LogP contribution in [0.4, 0.5) is 0 Å². The number of aryl methyl sites for hydroxylation is 1. The molecule has 0 bridgehead atoms. The first kappa shape index (κ1) is 22.5. The highest BCUT2D eigenvalue weighted by Crippen LogP contribution is 2.18. The fourth-order valence-electron chi connectivity index (χ4n) is 3.61. The number of likely N-dealkylation sites (N-methyl/N-ethyl adjacent to an activating group) is 1. The van der Waals surface area contributed by atoms with Crippen molar-refractivity contribution in [3.63, 3.8) is 0 Å². The van der Waals surface area contributed by atoms with Gasteiger partial charge in [0.15, 0.2) is 0 Å². The largest absolute Gasteiger partial charge is 0.339 e. The van der Waals surface area contributed by atoms with Crippen LogP contribution in [0.3, 0.4) is 0 Å². The van der Waals surface area contributed by atoms with Gasteiger partial charge in [-0.25, -0.2) is 8.42 Å². The van der Waals surface area contributed by atoms with Gasteiger partial charge in [-0.15, -0.1) is 0 Å². The highest BCUT2D eigenvalue weighted by Gasteiger charge is 2.29. The Morgan fingerprint density at radius 3 is 2.20 bits per heavy atom. The Balaban J connectivity index is 1.76. The molecule has 1 aliphatic heterocycles. The van der Waals surface area contributed by atoms with Crippen LogP contribution in [-0.4, -0.2) is 74.2 Å².